The molecule has 20 heavy (non-hydrogen) atoms. The second-order valence-corrected chi connectivity index (χ2v) is 5.10. The van der Waals surface area contributed by atoms with E-state index in [4.69, 9.17) is 9.52 Å². The summed E-state index contributed by atoms with van der Waals surface area (Å²) in [6.45, 7) is 1.26. The maximum atomic E-state index is 12.2. The summed E-state index contributed by atoms with van der Waals surface area (Å²) in [6, 6.07) is 7.04. The molecule has 2 aromatic rings. The van der Waals surface area contributed by atoms with Crippen molar-refractivity contribution < 1.29 is 14.3 Å². The molecule has 1 unspecified atom stereocenters. The monoisotopic (exact) mass is 276 g/mol. The van der Waals surface area contributed by atoms with Gasteiger partial charge in [-0.25, -0.2) is 4.79 Å². The third kappa shape index (κ3) is 2.22. The Hall–Kier alpha value is -2.08. The molecule has 1 aromatic heterocycles. The molecule has 1 aliphatic heterocycles. The molecular formula is C14H16N2O4. The van der Waals surface area contributed by atoms with Crippen molar-refractivity contribution in [3.63, 3.8) is 0 Å². The van der Waals surface area contributed by atoms with Crippen molar-refractivity contribution in [2.75, 3.05) is 19.7 Å². The summed E-state index contributed by atoms with van der Waals surface area (Å²) in [4.78, 5) is 25.7. The van der Waals surface area contributed by atoms with Crippen molar-refractivity contribution in [2.24, 2.45) is 5.92 Å². The SMILES string of the molecule is O=C(Cn1c(=O)oc2ccccc21)N1CCC(CO)C1. The molecule has 0 radical (unpaired) electrons. The van der Waals surface area contributed by atoms with Crippen molar-refractivity contribution >= 4 is 17.0 Å². The molecule has 1 N–H and O–H groups in total. The molecule has 1 atom stereocenters. The fraction of sp³-hybridized carbons (Fsp3) is 0.429. The minimum absolute atomic E-state index is 0.0198. The van der Waals surface area contributed by atoms with E-state index in [1.165, 1.54) is 4.57 Å². The van der Waals surface area contributed by atoms with Crippen molar-refractivity contribution in [2.45, 2.75) is 13.0 Å². The molecule has 6 heteroatoms. The van der Waals surface area contributed by atoms with Crippen LogP contribution >= 0.6 is 0 Å². The van der Waals surface area contributed by atoms with E-state index in [1.54, 1.807) is 29.2 Å². The Kier molecular flexibility index (Phi) is 3.31. The topological polar surface area (TPSA) is 75.7 Å². The van der Waals surface area contributed by atoms with Gasteiger partial charge in [-0.05, 0) is 18.6 Å². The van der Waals surface area contributed by atoms with E-state index in [2.05, 4.69) is 0 Å². The third-order valence-electron chi connectivity index (χ3n) is 3.76. The van der Waals surface area contributed by atoms with Crippen LogP contribution in [0.15, 0.2) is 33.5 Å². The van der Waals surface area contributed by atoms with Gasteiger partial charge in [-0.1, -0.05) is 12.1 Å². The maximum Gasteiger partial charge on any atom is 0.420 e. The van der Waals surface area contributed by atoms with Gasteiger partial charge in [0, 0.05) is 25.6 Å². The number of carbonyl (C=O) groups excluding carboxylic acids is 1. The Balaban J connectivity index is 1.81. The van der Waals surface area contributed by atoms with Crippen LogP contribution in [0, 0.1) is 5.92 Å². The van der Waals surface area contributed by atoms with Crippen LogP contribution in [0.1, 0.15) is 6.42 Å². The van der Waals surface area contributed by atoms with Gasteiger partial charge in [0.05, 0.1) is 5.52 Å². The lowest BCUT2D eigenvalue weighted by molar-refractivity contribution is -0.131. The first-order valence-electron chi connectivity index (χ1n) is 6.66. The van der Waals surface area contributed by atoms with Gasteiger partial charge in [0.2, 0.25) is 5.91 Å². The molecule has 2 heterocycles. The average molecular weight is 276 g/mol. The standard InChI is InChI=1S/C14H16N2O4/c17-9-10-5-6-15(7-10)13(18)8-16-11-3-1-2-4-12(11)20-14(16)19/h1-4,10,17H,5-9H2. The number of nitrogens with zero attached hydrogens (tertiary/aromatic N) is 2. The summed E-state index contributed by atoms with van der Waals surface area (Å²) < 4.78 is 6.45. The van der Waals surface area contributed by atoms with Crippen LogP contribution in [-0.2, 0) is 11.3 Å². The second-order valence-electron chi connectivity index (χ2n) is 5.10. The lowest BCUT2D eigenvalue weighted by Gasteiger charge is -2.16. The van der Waals surface area contributed by atoms with Crippen LogP contribution in [0.3, 0.4) is 0 Å². The zero-order valence-electron chi connectivity index (χ0n) is 11.0. The molecule has 1 aromatic carbocycles. The molecule has 1 saturated heterocycles. The number of aromatic nitrogens is 1. The summed E-state index contributed by atoms with van der Waals surface area (Å²) in [5.74, 6) is -0.483. The number of carbonyl (C=O) groups is 1. The number of aliphatic hydroxyl groups is 1. The minimum atomic E-state index is -0.516. The Morgan fingerprint density at radius 3 is 2.95 bits per heavy atom. The lowest BCUT2D eigenvalue weighted by Crippen LogP contribution is -2.34. The highest BCUT2D eigenvalue weighted by molar-refractivity contribution is 5.79. The van der Waals surface area contributed by atoms with Crippen molar-refractivity contribution in [3.05, 3.63) is 34.8 Å². The normalized spacial score (nSPS) is 18.9. The summed E-state index contributed by atoms with van der Waals surface area (Å²) in [7, 11) is 0. The Labute approximate surface area is 115 Å². The molecule has 0 aliphatic carbocycles. The molecule has 3 rings (SSSR count). The summed E-state index contributed by atoms with van der Waals surface area (Å²) in [6.07, 6.45) is 0.809. The molecule has 0 spiro atoms. The largest absolute Gasteiger partial charge is 0.420 e. The van der Waals surface area contributed by atoms with Gasteiger partial charge < -0.3 is 14.4 Å². The summed E-state index contributed by atoms with van der Waals surface area (Å²) >= 11 is 0. The van der Waals surface area contributed by atoms with E-state index < -0.39 is 5.76 Å². The number of aliphatic hydroxyl groups excluding tert-OH is 1. The highest BCUT2D eigenvalue weighted by atomic mass is 16.4. The predicted octanol–water partition coefficient (Wildman–Crippen LogP) is 0.435. The molecule has 1 amide bonds. The Bertz CT molecular complexity index is 688. The van der Waals surface area contributed by atoms with Crippen molar-refractivity contribution in [3.8, 4) is 0 Å². The highest BCUT2D eigenvalue weighted by Gasteiger charge is 2.26. The van der Waals surface area contributed by atoms with Crippen LogP contribution in [0.4, 0.5) is 0 Å². The van der Waals surface area contributed by atoms with Gasteiger partial charge >= 0.3 is 5.76 Å². The van der Waals surface area contributed by atoms with E-state index >= 15 is 0 Å². The van der Waals surface area contributed by atoms with Crippen molar-refractivity contribution in [1.29, 1.82) is 0 Å². The maximum absolute atomic E-state index is 12.2. The number of benzene rings is 1. The van der Waals surface area contributed by atoms with Gasteiger partial charge in [0.15, 0.2) is 5.58 Å². The zero-order chi connectivity index (χ0) is 14.1. The van der Waals surface area contributed by atoms with E-state index in [9.17, 15) is 9.59 Å². The molecule has 0 saturated carbocycles. The molecular weight excluding hydrogens is 260 g/mol. The molecule has 106 valence electrons. The first kappa shape index (κ1) is 12.9. The quantitative estimate of drug-likeness (QED) is 0.882. The van der Waals surface area contributed by atoms with Crippen LogP contribution in [-0.4, -0.2) is 40.2 Å². The van der Waals surface area contributed by atoms with Crippen LogP contribution in [0.5, 0.6) is 0 Å². The molecule has 1 aliphatic rings. The van der Waals surface area contributed by atoms with Crippen molar-refractivity contribution in [1.82, 2.24) is 9.47 Å². The first-order chi connectivity index (χ1) is 9.69. The van der Waals surface area contributed by atoms with Crippen LogP contribution < -0.4 is 5.76 Å². The minimum Gasteiger partial charge on any atom is -0.408 e. The number of hydrogen-bond acceptors (Lipinski definition) is 4. The molecule has 6 nitrogen and oxygen atoms in total. The zero-order valence-corrected chi connectivity index (χ0v) is 11.0. The number of para-hydroxylation sites is 2. The van der Waals surface area contributed by atoms with Crippen LogP contribution in [0.2, 0.25) is 0 Å². The average Bonchev–Trinajstić information content (AvgIpc) is 3.04. The van der Waals surface area contributed by atoms with Gasteiger partial charge in [-0.3, -0.25) is 9.36 Å². The fourth-order valence-electron chi connectivity index (χ4n) is 2.61. The number of amides is 1. The predicted molar refractivity (Wildman–Crippen MR) is 72.2 cm³/mol. The van der Waals surface area contributed by atoms with E-state index in [0.29, 0.717) is 24.2 Å². The number of oxazole rings is 1. The Morgan fingerprint density at radius 2 is 2.20 bits per heavy atom. The number of hydrogen-bond donors (Lipinski definition) is 1. The van der Waals surface area contributed by atoms with E-state index in [-0.39, 0.29) is 25.0 Å². The van der Waals surface area contributed by atoms with Gasteiger partial charge in [-0.2, -0.15) is 0 Å². The number of rotatable bonds is 3. The lowest BCUT2D eigenvalue weighted by atomic mass is 10.1. The highest BCUT2D eigenvalue weighted by Crippen LogP contribution is 2.17. The fourth-order valence-corrected chi connectivity index (χ4v) is 2.61. The summed E-state index contributed by atoms with van der Waals surface area (Å²) in [5, 5.41) is 9.10. The summed E-state index contributed by atoms with van der Waals surface area (Å²) in [5.41, 5.74) is 1.11. The van der Waals surface area contributed by atoms with Gasteiger partial charge in [-0.15, -0.1) is 0 Å². The number of likely N-dealkylation sites (tertiary alicyclic amines) is 1. The Morgan fingerprint density at radius 1 is 1.40 bits per heavy atom. The van der Waals surface area contributed by atoms with Gasteiger partial charge in [0.25, 0.3) is 0 Å². The second kappa shape index (κ2) is 5.13. The van der Waals surface area contributed by atoms with Crippen LogP contribution in [0.25, 0.3) is 11.1 Å². The third-order valence-corrected chi connectivity index (χ3v) is 3.76. The first-order valence-corrected chi connectivity index (χ1v) is 6.66. The molecule has 0 bridgehead atoms. The van der Waals surface area contributed by atoms with Gasteiger partial charge in [0.1, 0.15) is 6.54 Å². The smallest absolute Gasteiger partial charge is 0.408 e. The van der Waals surface area contributed by atoms with E-state index in [0.717, 1.165) is 6.42 Å². The van der Waals surface area contributed by atoms with E-state index in [1.807, 2.05) is 0 Å². The molecule has 1 fully saturated rings. The number of fused-ring (bicyclic) bond motifs is 1.